The fourth-order valence-electron chi connectivity index (χ4n) is 4.77. The second-order valence-corrected chi connectivity index (χ2v) is 10.5. The van der Waals surface area contributed by atoms with E-state index in [2.05, 4.69) is 4.98 Å². The molecule has 0 bridgehead atoms. The molecule has 176 valence electrons. The fraction of sp³-hybridized carbons (Fsp3) is 0.458. The van der Waals surface area contributed by atoms with Crippen LogP contribution in [0.5, 0.6) is 0 Å². The van der Waals surface area contributed by atoms with Crippen molar-refractivity contribution < 1.29 is 18.9 Å². The van der Waals surface area contributed by atoms with Crippen molar-refractivity contribution in [3.8, 4) is 0 Å². The number of carboxylic acid groups (broad SMARTS) is 1. The van der Waals surface area contributed by atoms with Crippen molar-refractivity contribution in [3.05, 3.63) is 59.4 Å². The molecule has 1 N–H and O–H groups in total. The zero-order chi connectivity index (χ0) is 23.5. The van der Waals surface area contributed by atoms with Crippen molar-refractivity contribution in [1.82, 2.24) is 9.88 Å². The minimum Gasteiger partial charge on any atom is -0.481 e. The van der Waals surface area contributed by atoms with E-state index in [-0.39, 0.29) is 30.3 Å². The highest BCUT2D eigenvalue weighted by Crippen LogP contribution is 2.44. The van der Waals surface area contributed by atoms with E-state index >= 15 is 0 Å². The number of hydrogen-bond acceptors (Lipinski definition) is 4. The maximum atomic E-state index is 13.7. The highest BCUT2D eigenvalue weighted by molar-refractivity contribution is 7.85. The number of likely N-dealkylation sites (tertiary alicyclic amines) is 1. The molecule has 9 heteroatoms. The van der Waals surface area contributed by atoms with Crippen LogP contribution in [0.1, 0.15) is 43.7 Å². The van der Waals surface area contributed by atoms with Gasteiger partial charge in [0.2, 0.25) is 5.91 Å². The molecule has 4 rings (SSSR count). The Labute approximate surface area is 201 Å². The van der Waals surface area contributed by atoms with Crippen molar-refractivity contribution in [3.63, 3.8) is 0 Å². The topological polar surface area (TPSA) is 90.8 Å². The number of pyridine rings is 1. The maximum Gasteiger partial charge on any atom is 0.304 e. The number of hydrogen-bond donors (Lipinski definition) is 1. The third-order valence-electron chi connectivity index (χ3n) is 6.52. The third-order valence-corrected chi connectivity index (χ3v) is 7.76. The summed E-state index contributed by atoms with van der Waals surface area (Å²) >= 11 is 6.10. The van der Waals surface area contributed by atoms with Crippen LogP contribution in [-0.2, 0) is 20.6 Å². The van der Waals surface area contributed by atoms with Gasteiger partial charge in [-0.1, -0.05) is 23.7 Å². The Morgan fingerprint density at radius 1 is 1.24 bits per heavy atom. The molecule has 4 atom stereocenters. The van der Waals surface area contributed by atoms with Gasteiger partial charge in [-0.3, -0.25) is 18.9 Å². The lowest BCUT2D eigenvalue weighted by Gasteiger charge is -2.45. The summed E-state index contributed by atoms with van der Waals surface area (Å²) in [5, 5.41) is 9.99. The number of piperidine rings is 1. The largest absolute Gasteiger partial charge is 0.481 e. The van der Waals surface area contributed by atoms with E-state index < -0.39 is 22.9 Å². The predicted octanol–water partition coefficient (Wildman–Crippen LogP) is 4.07. The Balaban J connectivity index is 1.70. The Morgan fingerprint density at radius 3 is 2.55 bits per heavy atom. The van der Waals surface area contributed by atoms with Crippen molar-refractivity contribution in [2.24, 2.45) is 11.8 Å². The number of benzene rings is 1. The molecule has 0 spiro atoms. The predicted molar refractivity (Wildman–Crippen MR) is 128 cm³/mol. The summed E-state index contributed by atoms with van der Waals surface area (Å²) in [7, 11) is -1.31. The molecule has 1 saturated heterocycles. The molecule has 2 aromatic rings. The van der Waals surface area contributed by atoms with Gasteiger partial charge in [0, 0.05) is 23.4 Å². The van der Waals surface area contributed by atoms with Gasteiger partial charge in [0.05, 0.1) is 36.9 Å². The molecular weight excluding hydrogens is 462 g/mol. The van der Waals surface area contributed by atoms with Crippen LogP contribution in [0, 0.1) is 11.8 Å². The van der Waals surface area contributed by atoms with Crippen LogP contribution in [0.2, 0.25) is 5.02 Å². The first-order valence-corrected chi connectivity index (χ1v) is 13.0. The molecule has 33 heavy (non-hydrogen) atoms. The Bertz CT molecular complexity index is 1020. The van der Waals surface area contributed by atoms with Gasteiger partial charge in [0.15, 0.2) is 0 Å². The van der Waals surface area contributed by atoms with Gasteiger partial charge in [0.1, 0.15) is 11.0 Å². The van der Waals surface area contributed by atoms with E-state index in [9.17, 15) is 18.9 Å². The molecule has 7 nitrogen and oxygen atoms in total. The summed E-state index contributed by atoms with van der Waals surface area (Å²) in [6, 6.07) is 10.8. The molecule has 2 aliphatic rings. The first kappa shape index (κ1) is 23.7. The summed E-state index contributed by atoms with van der Waals surface area (Å²) in [4.78, 5) is 31.2. The third kappa shape index (κ3) is 5.55. The number of carbonyl (C=O) groups is 2. The van der Waals surface area contributed by atoms with E-state index in [1.807, 2.05) is 35.2 Å². The van der Waals surface area contributed by atoms with Crippen LogP contribution in [0.15, 0.2) is 48.8 Å². The normalized spacial score (nSPS) is 22.6. The molecule has 1 aromatic carbocycles. The zero-order valence-corrected chi connectivity index (χ0v) is 20.0. The molecule has 1 aliphatic carbocycles. The Kier molecular flexibility index (Phi) is 7.34. The van der Waals surface area contributed by atoms with Gasteiger partial charge < -0.3 is 10.0 Å². The number of amides is 1. The second-order valence-electron chi connectivity index (χ2n) is 8.79. The van der Waals surface area contributed by atoms with Crippen LogP contribution in [0.25, 0.3) is 0 Å². The van der Waals surface area contributed by atoms with Crippen LogP contribution in [-0.4, -0.2) is 49.9 Å². The summed E-state index contributed by atoms with van der Waals surface area (Å²) in [6.45, 7) is 0.398. The monoisotopic (exact) mass is 489 g/mol. The Morgan fingerprint density at radius 2 is 1.97 bits per heavy atom. The van der Waals surface area contributed by atoms with Gasteiger partial charge in [-0.15, -0.1) is 0 Å². The van der Waals surface area contributed by atoms with Gasteiger partial charge in [0.25, 0.3) is 0 Å². The van der Waals surface area contributed by atoms with E-state index in [0.29, 0.717) is 24.4 Å². The first-order chi connectivity index (χ1) is 15.8. The van der Waals surface area contributed by atoms with E-state index in [4.69, 9.17) is 11.6 Å². The Hall–Kier alpha value is -2.45. The van der Waals surface area contributed by atoms with Gasteiger partial charge in [-0.05, 0) is 61.4 Å². The molecule has 0 radical (unpaired) electrons. The smallest absolute Gasteiger partial charge is 0.304 e. The minimum atomic E-state index is -1.31. The first-order valence-electron chi connectivity index (χ1n) is 11.2. The average molecular weight is 490 g/mol. The summed E-state index contributed by atoms with van der Waals surface area (Å²) in [6.07, 6.45) is 7.97. The van der Waals surface area contributed by atoms with Crippen LogP contribution in [0.4, 0.5) is 5.69 Å². The molecule has 1 aliphatic heterocycles. The molecule has 2 heterocycles. The zero-order valence-electron chi connectivity index (χ0n) is 18.5. The van der Waals surface area contributed by atoms with E-state index in [1.54, 1.807) is 29.0 Å². The van der Waals surface area contributed by atoms with Gasteiger partial charge >= 0.3 is 5.97 Å². The summed E-state index contributed by atoms with van der Waals surface area (Å²) in [5.41, 5.74) is 1.72. The fourth-order valence-corrected chi connectivity index (χ4v) is 5.66. The summed E-state index contributed by atoms with van der Waals surface area (Å²) in [5.74, 6) is -1.36. The molecule has 2 unspecified atom stereocenters. The number of anilines is 1. The van der Waals surface area contributed by atoms with Crippen LogP contribution >= 0.6 is 11.6 Å². The average Bonchev–Trinajstić information content (AvgIpc) is 3.62. The minimum absolute atomic E-state index is 0.131. The number of nitrogens with zero attached hydrogens (tertiary/aromatic N) is 3. The lowest BCUT2D eigenvalue weighted by molar-refractivity contribution is -0.151. The number of carboxylic acids is 1. The number of carbonyl (C=O) groups excluding carboxylic acids is 1. The van der Waals surface area contributed by atoms with E-state index in [0.717, 1.165) is 24.1 Å². The molecule has 2 fully saturated rings. The quantitative estimate of drug-likeness (QED) is 0.573. The molecule has 1 amide bonds. The highest BCUT2D eigenvalue weighted by Gasteiger charge is 2.46. The van der Waals surface area contributed by atoms with Crippen LogP contribution in [0.3, 0.4) is 0 Å². The highest BCUT2D eigenvalue weighted by atomic mass is 35.5. The number of aromatic nitrogens is 1. The molecule has 1 aromatic heterocycles. The molecule has 1 saturated carbocycles. The lowest BCUT2D eigenvalue weighted by atomic mass is 9.84. The summed E-state index contributed by atoms with van der Waals surface area (Å²) < 4.78 is 14.5. The van der Waals surface area contributed by atoms with Crippen molar-refractivity contribution in [1.29, 1.82) is 0 Å². The lowest BCUT2D eigenvalue weighted by Crippen LogP contribution is -2.54. The standard InChI is InChI=1S/C24H28ClN3O4S/c1-33(32)27(20-3-2-12-26-14-20)15-22(17-4-5-17)28-21(16-6-9-19(25)10-7-16)11-8-18(24(28)31)13-23(29)30/h2-3,6-7,9-10,12,14,17-18,21-22H,4-5,8,11,13,15H2,1H3,(H,29,30)/t18-,21+,22?,33?/m1/s1. The van der Waals surface area contributed by atoms with Crippen LogP contribution < -0.4 is 4.31 Å². The SMILES string of the molecule is CS(=O)N(CC(C1CC1)N1C(=O)[C@@H](CC(=O)O)CC[C@H]1c1ccc(Cl)cc1)c1cccnc1. The van der Waals surface area contributed by atoms with Gasteiger partial charge in [-0.25, -0.2) is 4.21 Å². The molecular formula is C24H28ClN3O4S. The number of halogens is 1. The van der Waals surface area contributed by atoms with Crippen molar-refractivity contribution in [2.45, 2.75) is 44.2 Å². The number of aliphatic carboxylic acids is 1. The maximum absolute atomic E-state index is 13.7. The van der Waals surface area contributed by atoms with Crippen molar-refractivity contribution in [2.75, 3.05) is 17.1 Å². The second kappa shape index (κ2) is 10.2. The van der Waals surface area contributed by atoms with Gasteiger partial charge in [-0.2, -0.15) is 0 Å². The van der Waals surface area contributed by atoms with Crippen molar-refractivity contribution >= 4 is 40.2 Å². The van der Waals surface area contributed by atoms with E-state index in [1.165, 1.54) is 0 Å². The number of rotatable bonds is 9.